The first-order valence-corrected chi connectivity index (χ1v) is 14.4. The molecular weight excluding hydrogens is 506 g/mol. The summed E-state index contributed by atoms with van der Waals surface area (Å²) < 4.78 is 34.8. The first-order chi connectivity index (χ1) is 18.5. The van der Waals surface area contributed by atoms with E-state index in [0.29, 0.717) is 30.8 Å². The van der Waals surface area contributed by atoms with Crippen molar-refractivity contribution in [1.29, 1.82) is 0 Å². The van der Waals surface area contributed by atoms with Gasteiger partial charge >= 0.3 is 0 Å². The van der Waals surface area contributed by atoms with E-state index in [1.165, 1.54) is 10.4 Å². The summed E-state index contributed by atoms with van der Waals surface area (Å²) in [5.74, 6) is 1.14. The van der Waals surface area contributed by atoms with Crippen LogP contribution in [-0.2, 0) is 21.2 Å². The number of rotatable bonds is 6. The van der Waals surface area contributed by atoms with Crippen molar-refractivity contribution in [2.75, 3.05) is 26.2 Å². The molecule has 2 aliphatic rings. The fourth-order valence-electron chi connectivity index (χ4n) is 5.62. The van der Waals surface area contributed by atoms with Crippen LogP contribution in [0.25, 0.3) is 16.7 Å². The van der Waals surface area contributed by atoms with Gasteiger partial charge in [0.1, 0.15) is 22.6 Å². The summed E-state index contributed by atoms with van der Waals surface area (Å²) in [6, 6.07) is 14.8. The highest BCUT2D eigenvalue weighted by molar-refractivity contribution is 7.89. The van der Waals surface area contributed by atoms with Crippen molar-refractivity contribution in [3.63, 3.8) is 0 Å². The summed E-state index contributed by atoms with van der Waals surface area (Å²) in [6.45, 7) is 2.00. The summed E-state index contributed by atoms with van der Waals surface area (Å²) in [5, 5.41) is 16.0. The molecule has 2 aromatic carbocycles. The second kappa shape index (κ2) is 10.3. The fourth-order valence-corrected chi connectivity index (χ4v) is 7.23. The Kier molecular flexibility index (Phi) is 6.66. The summed E-state index contributed by atoms with van der Waals surface area (Å²) in [7, 11) is -3.77. The molecule has 0 N–H and O–H groups in total. The van der Waals surface area contributed by atoms with Crippen LogP contribution in [0, 0.1) is 11.8 Å². The molecule has 1 atom stereocenters. The van der Waals surface area contributed by atoms with E-state index in [2.05, 4.69) is 20.5 Å². The number of amides is 1. The molecule has 4 aromatic rings. The number of hydrogen-bond acceptors (Lipinski definition) is 8. The van der Waals surface area contributed by atoms with Crippen molar-refractivity contribution in [3.8, 4) is 5.69 Å². The van der Waals surface area contributed by atoms with E-state index in [1.54, 1.807) is 18.5 Å². The second-order valence-electron chi connectivity index (χ2n) is 10.0. The van der Waals surface area contributed by atoms with Crippen molar-refractivity contribution in [2.45, 2.75) is 37.0 Å². The number of nitrogens with zero attached hydrogens (tertiary/aromatic N) is 7. The van der Waals surface area contributed by atoms with Gasteiger partial charge in [-0.25, -0.2) is 13.0 Å². The molecule has 0 spiro atoms. The molecule has 2 fully saturated rings. The van der Waals surface area contributed by atoms with Crippen molar-refractivity contribution in [2.24, 2.45) is 11.8 Å². The fraction of sp³-hybridized carbons (Fsp3) is 0.423. The van der Waals surface area contributed by atoms with E-state index in [-0.39, 0.29) is 35.3 Å². The number of benzene rings is 2. The Morgan fingerprint density at radius 1 is 0.974 bits per heavy atom. The minimum Gasteiger partial charge on any atom is -0.342 e. The highest BCUT2D eigenvalue weighted by atomic mass is 32.2. The molecular formula is C26H29N7O4S. The van der Waals surface area contributed by atoms with Gasteiger partial charge < -0.3 is 4.90 Å². The van der Waals surface area contributed by atoms with Crippen LogP contribution in [0.5, 0.6) is 0 Å². The predicted octanol–water partition coefficient (Wildman–Crippen LogP) is 2.69. The number of aromatic nitrogens is 5. The minimum atomic E-state index is -3.77. The van der Waals surface area contributed by atoms with E-state index in [4.69, 9.17) is 4.63 Å². The first kappa shape index (κ1) is 24.7. The lowest BCUT2D eigenvalue weighted by molar-refractivity contribution is -0.138. The van der Waals surface area contributed by atoms with E-state index in [1.807, 2.05) is 39.8 Å². The van der Waals surface area contributed by atoms with Gasteiger partial charge in [-0.3, -0.25) is 9.36 Å². The van der Waals surface area contributed by atoms with Crippen molar-refractivity contribution in [1.82, 2.24) is 34.3 Å². The molecule has 2 aromatic heterocycles. The third kappa shape index (κ3) is 4.69. The Bertz CT molecular complexity index is 1530. The van der Waals surface area contributed by atoms with E-state index in [9.17, 15) is 13.2 Å². The molecule has 0 radical (unpaired) electrons. The molecule has 1 amide bonds. The Hall–Kier alpha value is -3.64. The van der Waals surface area contributed by atoms with Crippen LogP contribution in [0.4, 0.5) is 0 Å². The van der Waals surface area contributed by atoms with Crippen molar-refractivity contribution < 1.29 is 17.8 Å². The quantitative estimate of drug-likeness (QED) is 0.369. The molecule has 38 heavy (non-hydrogen) atoms. The topological polar surface area (TPSA) is 127 Å². The lowest BCUT2D eigenvalue weighted by Gasteiger charge is -2.37. The summed E-state index contributed by atoms with van der Waals surface area (Å²) in [4.78, 5) is 15.5. The number of hydrogen-bond donors (Lipinski definition) is 0. The highest BCUT2D eigenvalue weighted by Gasteiger charge is 2.36. The van der Waals surface area contributed by atoms with Crippen LogP contribution in [-0.4, -0.2) is 74.8 Å². The average molecular weight is 536 g/mol. The molecule has 12 heteroatoms. The van der Waals surface area contributed by atoms with Crippen LogP contribution < -0.4 is 0 Å². The normalized spacial score (nSPS) is 19.7. The zero-order valence-electron chi connectivity index (χ0n) is 20.9. The van der Waals surface area contributed by atoms with Gasteiger partial charge in [0.15, 0.2) is 5.52 Å². The number of fused-ring (bicyclic) bond motifs is 1. The summed E-state index contributed by atoms with van der Waals surface area (Å²) >= 11 is 0. The molecule has 11 nitrogen and oxygen atoms in total. The van der Waals surface area contributed by atoms with Crippen LogP contribution in [0.15, 0.2) is 64.4 Å². The zero-order chi connectivity index (χ0) is 26.1. The second-order valence-corrected chi connectivity index (χ2v) is 11.9. The van der Waals surface area contributed by atoms with E-state index >= 15 is 0 Å². The van der Waals surface area contributed by atoms with Gasteiger partial charge in [-0.15, -0.1) is 10.2 Å². The Morgan fingerprint density at radius 3 is 2.61 bits per heavy atom. The van der Waals surface area contributed by atoms with E-state index in [0.717, 1.165) is 37.3 Å². The van der Waals surface area contributed by atoms with Crippen LogP contribution in [0.2, 0.25) is 0 Å². The van der Waals surface area contributed by atoms with Gasteiger partial charge in [0.25, 0.3) is 0 Å². The maximum absolute atomic E-state index is 13.5. The molecule has 1 unspecified atom stereocenters. The van der Waals surface area contributed by atoms with Crippen LogP contribution in [0.1, 0.15) is 31.5 Å². The highest BCUT2D eigenvalue weighted by Crippen LogP contribution is 2.30. The maximum Gasteiger partial charge on any atom is 0.245 e. The molecule has 0 saturated carbocycles. The van der Waals surface area contributed by atoms with Crippen LogP contribution in [0.3, 0.4) is 0 Å². The molecule has 198 valence electrons. The summed E-state index contributed by atoms with van der Waals surface area (Å²) in [6.07, 6.45) is 5.45. The molecule has 0 aliphatic carbocycles. The molecule has 2 aliphatic heterocycles. The monoisotopic (exact) mass is 535 g/mol. The number of para-hydroxylation sites is 1. The Morgan fingerprint density at radius 2 is 1.79 bits per heavy atom. The molecule has 2 saturated heterocycles. The molecule has 4 heterocycles. The van der Waals surface area contributed by atoms with Crippen LogP contribution >= 0.6 is 0 Å². The van der Waals surface area contributed by atoms with Gasteiger partial charge in [0.05, 0.1) is 0 Å². The molecule has 6 rings (SSSR count). The number of carbonyl (C=O) groups is 1. The molecule has 0 bridgehead atoms. The van der Waals surface area contributed by atoms with Gasteiger partial charge in [-0.2, -0.15) is 4.31 Å². The Labute approximate surface area is 220 Å². The van der Waals surface area contributed by atoms with Gasteiger partial charge in [-0.1, -0.05) is 24.3 Å². The number of carbonyl (C=O) groups excluding carboxylic acids is 1. The smallest absolute Gasteiger partial charge is 0.245 e. The lowest BCUT2D eigenvalue weighted by Crippen LogP contribution is -2.47. The minimum absolute atomic E-state index is 0.0863. The standard InChI is InChI=1S/C26H29N7O4S/c34-26(20-11-14-32(15-12-20)38(35,36)23-10-4-9-22-25(23)30-37-29-22)31-13-5-6-19(17-31)16-24-28-27-18-33(24)21-7-2-1-3-8-21/h1-4,7-10,18-20H,5-6,11-17H2. The first-order valence-electron chi connectivity index (χ1n) is 13.0. The van der Waals surface area contributed by atoms with Crippen molar-refractivity contribution >= 4 is 27.0 Å². The van der Waals surface area contributed by atoms with Gasteiger partial charge in [0.2, 0.25) is 15.9 Å². The third-order valence-electron chi connectivity index (χ3n) is 7.62. The zero-order valence-corrected chi connectivity index (χ0v) is 21.7. The average Bonchev–Trinajstić information content (AvgIpc) is 3.63. The largest absolute Gasteiger partial charge is 0.342 e. The van der Waals surface area contributed by atoms with Gasteiger partial charge in [-0.05, 0) is 66.2 Å². The number of sulfonamides is 1. The number of likely N-dealkylation sites (tertiary alicyclic amines) is 1. The Balaban J connectivity index is 1.08. The summed E-state index contributed by atoms with van der Waals surface area (Å²) in [5.41, 5.74) is 1.65. The van der Waals surface area contributed by atoms with E-state index < -0.39 is 10.0 Å². The maximum atomic E-state index is 13.5. The number of piperidine rings is 2. The predicted molar refractivity (Wildman–Crippen MR) is 138 cm³/mol. The lowest BCUT2D eigenvalue weighted by atomic mass is 9.91. The third-order valence-corrected chi connectivity index (χ3v) is 9.55. The SMILES string of the molecule is O=C(C1CCN(S(=O)(=O)c2cccc3nonc23)CC1)N1CCCC(Cc2nncn2-c2ccccc2)C1. The van der Waals surface area contributed by atoms with Gasteiger partial charge in [0, 0.05) is 44.2 Å². The van der Waals surface area contributed by atoms with Crippen molar-refractivity contribution in [3.05, 3.63) is 60.7 Å².